The average molecular weight is 260 g/mol. The molecule has 0 aromatic carbocycles. The summed E-state index contributed by atoms with van der Waals surface area (Å²) < 4.78 is 2.00. The van der Waals surface area contributed by atoms with Gasteiger partial charge in [-0.1, -0.05) is 11.6 Å². The molecule has 5 heteroatoms. The minimum absolute atomic E-state index is 0.322. The van der Waals surface area contributed by atoms with Gasteiger partial charge in [-0.3, -0.25) is 4.68 Å². The number of thioether (sulfide) groups is 1. The molecule has 0 bridgehead atoms. The van der Waals surface area contributed by atoms with E-state index >= 15 is 0 Å². The lowest BCUT2D eigenvalue weighted by Gasteiger charge is -2.23. The molecular formula is C11H18ClN3S. The Balaban J connectivity index is 2.27. The van der Waals surface area contributed by atoms with Gasteiger partial charge in [-0.2, -0.15) is 16.9 Å². The third kappa shape index (κ3) is 2.24. The second kappa shape index (κ2) is 5.43. The lowest BCUT2D eigenvalue weighted by atomic mass is 10.1. The first-order chi connectivity index (χ1) is 7.77. The van der Waals surface area contributed by atoms with Gasteiger partial charge in [0, 0.05) is 11.8 Å². The highest BCUT2D eigenvalue weighted by atomic mass is 35.5. The van der Waals surface area contributed by atoms with E-state index in [9.17, 15) is 0 Å². The van der Waals surface area contributed by atoms with Gasteiger partial charge < -0.3 is 5.32 Å². The normalized spacial score (nSPS) is 22.6. The lowest BCUT2D eigenvalue weighted by molar-refractivity contribution is 0.493. The van der Waals surface area contributed by atoms with Crippen molar-refractivity contribution in [2.45, 2.75) is 37.6 Å². The Bertz CT molecular complexity index is 347. The van der Waals surface area contributed by atoms with Crippen molar-refractivity contribution < 1.29 is 0 Å². The number of hydrogen-bond acceptors (Lipinski definition) is 3. The third-order valence-corrected chi connectivity index (χ3v) is 4.83. The van der Waals surface area contributed by atoms with Gasteiger partial charge in [-0.25, -0.2) is 0 Å². The number of nitrogens with zero attached hydrogens (tertiary/aromatic N) is 2. The molecule has 2 rings (SSSR count). The second-order valence-electron chi connectivity index (χ2n) is 4.01. The number of aryl methyl sites for hydroxylation is 1. The Labute approximate surface area is 106 Å². The van der Waals surface area contributed by atoms with Gasteiger partial charge in [0.05, 0.1) is 23.0 Å². The number of rotatable bonds is 4. The predicted molar refractivity (Wildman–Crippen MR) is 70.2 cm³/mol. The number of hydrogen-bond donors (Lipinski definition) is 1. The quantitative estimate of drug-likeness (QED) is 0.902. The van der Waals surface area contributed by atoms with Crippen LogP contribution in [-0.4, -0.2) is 27.8 Å². The molecule has 0 aliphatic carbocycles. The molecule has 1 aromatic heterocycles. The van der Waals surface area contributed by atoms with Crippen molar-refractivity contribution in [3.63, 3.8) is 0 Å². The molecule has 1 aromatic rings. The maximum Gasteiger partial charge on any atom is 0.0834 e. The summed E-state index contributed by atoms with van der Waals surface area (Å²) >= 11 is 8.28. The molecule has 1 saturated heterocycles. The third-order valence-electron chi connectivity index (χ3n) is 3.08. The zero-order valence-corrected chi connectivity index (χ0v) is 11.3. The molecule has 1 N–H and O–H groups in total. The van der Waals surface area contributed by atoms with Crippen LogP contribution in [0.1, 0.15) is 31.5 Å². The molecule has 0 radical (unpaired) electrons. The van der Waals surface area contributed by atoms with Crippen molar-refractivity contribution in [1.82, 2.24) is 15.1 Å². The molecule has 2 unspecified atom stereocenters. The van der Waals surface area contributed by atoms with Crippen LogP contribution in [0.25, 0.3) is 0 Å². The monoisotopic (exact) mass is 259 g/mol. The Hall–Kier alpha value is -0.190. The summed E-state index contributed by atoms with van der Waals surface area (Å²) in [5.74, 6) is 1.26. The molecule has 2 heterocycles. The van der Waals surface area contributed by atoms with Gasteiger partial charge in [-0.15, -0.1) is 0 Å². The first kappa shape index (κ1) is 12.3. The fourth-order valence-electron chi connectivity index (χ4n) is 2.30. The smallest absolute Gasteiger partial charge is 0.0834 e. The molecule has 3 nitrogen and oxygen atoms in total. The molecular weight excluding hydrogens is 242 g/mol. The van der Waals surface area contributed by atoms with Crippen LogP contribution in [0.4, 0.5) is 0 Å². The highest BCUT2D eigenvalue weighted by Gasteiger charge is 2.29. The second-order valence-corrected chi connectivity index (χ2v) is 5.77. The van der Waals surface area contributed by atoms with Gasteiger partial charge in [0.25, 0.3) is 0 Å². The number of aromatic nitrogens is 2. The Morgan fingerprint density at radius 1 is 1.75 bits per heavy atom. The Morgan fingerprint density at radius 2 is 2.56 bits per heavy atom. The molecule has 16 heavy (non-hydrogen) atoms. The van der Waals surface area contributed by atoms with Crippen molar-refractivity contribution in [2.75, 3.05) is 12.8 Å². The molecule has 0 spiro atoms. The van der Waals surface area contributed by atoms with E-state index in [1.54, 1.807) is 6.20 Å². The minimum Gasteiger partial charge on any atom is -0.311 e. The zero-order chi connectivity index (χ0) is 11.5. The van der Waals surface area contributed by atoms with Gasteiger partial charge in [0.15, 0.2) is 0 Å². The predicted octanol–water partition coefficient (Wildman–Crippen LogP) is 2.71. The molecule has 2 atom stereocenters. The summed E-state index contributed by atoms with van der Waals surface area (Å²) in [6.45, 7) is 2.97. The van der Waals surface area contributed by atoms with E-state index in [0.717, 1.165) is 17.3 Å². The van der Waals surface area contributed by atoms with Crippen molar-refractivity contribution in [3.8, 4) is 0 Å². The summed E-state index contributed by atoms with van der Waals surface area (Å²) in [6, 6.07) is 0.322. The van der Waals surface area contributed by atoms with Crippen molar-refractivity contribution in [2.24, 2.45) is 0 Å². The zero-order valence-electron chi connectivity index (χ0n) is 9.74. The minimum atomic E-state index is 0.322. The van der Waals surface area contributed by atoms with E-state index in [-0.39, 0.29) is 0 Å². The summed E-state index contributed by atoms with van der Waals surface area (Å²) in [4.78, 5) is 0. The molecule has 1 aliphatic rings. The van der Waals surface area contributed by atoms with Gasteiger partial charge in [0.2, 0.25) is 0 Å². The maximum atomic E-state index is 6.24. The molecule has 0 saturated carbocycles. The maximum absolute atomic E-state index is 6.24. The van der Waals surface area contributed by atoms with Gasteiger partial charge >= 0.3 is 0 Å². The SMILES string of the molecule is CCn1ncc(Cl)c1C(NC)C1CCCS1. The van der Waals surface area contributed by atoms with E-state index in [1.165, 1.54) is 18.6 Å². The van der Waals surface area contributed by atoms with E-state index in [1.807, 2.05) is 23.5 Å². The number of halogens is 1. The standard InChI is InChI=1S/C11H18ClN3S/c1-3-15-11(8(12)7-14-15)10(13-2)9-5-4-6-16-9/h7,9-10,13H,3-6H2,1-2H3. The average Bonchev–Trinajstić information content (AvgIpc) is 2.91. The summed E-state index contributed by atoms with van der Waals surface area (Å²) in [5.41, 5.74) is 1.14. The highest BCUT2D eigenvalue weighted by molar-refractivity contribution is 8.00. The van der Waals surface area contributed by atoms with E-state index in [0.29, 0.717) is 11.3 Å². The van der Waals surface area contributed by atoms with Crippen molar-refractivity contribution >= 4 is 23.4 Å². The fraction of sp³-hybridized carbons (Fsp3) is 0.727. The van der Waals surface area contributed by atoms with Crippen molar-refractivity contribution in [1.29, 1.82) is 0 Å². The topological polar surface area (TPSA) is 29.9 Å². The van der Waals surface area contributed by atoms with Gasteiger partial charge in [0.1, 0.15) is 0 Å². The molecule has 0 amide bonds. The van der Waals surface area contributed by atoms with E-state index < -0.39 is 0 Å². The first-order valence-corrected chi connectivity index (χ1v) is 7.20. The summed E-state index contributed by atoms with van der Waals surface area (Å²) in [6.07, 6.45) is 4.33. The van der Waals surface area contributed by atoms with Crippen LogP contribution in [-0.2, 0) is 6.54 Å². The van der Waals surface area contributed by atoms with Crippen LogP contribution in [0.15, 0.2) is 6.20 Å². The van der Waals surface area contributed by atoms with Crippen LogP contribution >= 0.6 is 23.4 Å². The van der Waals surface area contributed by atoms with Crippen LogP contribution in [0.2, 0.25) is 5.02 Å². The molecule has 90 valence electrons. The van der Waals surface area contributed by atoms with Crippen molar-refractivity contribution in [3.05, 3.63) is 16.9 Å². The first-order valence-electron chi connectivity index (χ1n) is 5.78. The largest absolute Gasteiger partial charge is 0.311 e. The highest BCUT2D eigenvalue weighted by Crippen LogP contribution is 2.37. The van der Waals surface area contributed by atoms with Crippen LogP contribution in [0.3, 0.4) is 0 Å². The summed E-state index contributed by atoms with van der Waals surface area (Å²) in [7, 11) is 2.01. The van der Waals surface area contributed by atoms with Crippen LogP contribution in [0.5, 0.6) is 0 Å². The fourth-order valence-corrected chi connectivity index (χ4v) is 3.98. The molecule has 1 aliphatic heterocycles. The van der Waals surface area contributed by atoms with E-state index in [4.69, 9.17) is 11.6 Å². The van der Waals surface area contributed by atoms with E-state index in [2.05, 4.69) is 17.3 Å². The van der Waals surface area contributed by atoms with Crippen LogP contribution < -0.4 is 5.32 Å². The summed E-state index contributed by atoms with van der Waals surface area (Å²) in [5, 5.41) is 9.12. The van der Waals surface area contributed by atoms with Gasteiger partial charge in [-0.05, 0) is 32.6 Å². The Kier molecular flexibility index (Phi) is 4.16. The lowest BCUT2D eigenvalue weighted by Crippen LogP contribution is -2.28. The molecule has 1 fully saturated rings. The Morgan fingerprint density at radius 3 is 3.12 bits per heavy atom. The van der Waals surface area contributed by atoms with Crippen LogP contribution in [0, 0.1) is 0 Å². The number of nitrogens with one attached hydrogen (secondary N) is 1.